The van der Waals surface area contributed by atoms with E-state index in [1.165, 1.54) is 42.2 Å². The molecule has 2 heterocycles. The third kappa shape index (κ3) is 6.06. The summed E-state index contributed by atoms with van der Waals surface area (Å²) in [7, 11) is 4.33. The van der Waals surface area contributed by atoms with E-state index in [1.54, 1.807) is 55.1 Å². The third-order valence-electron chi connectivity index (χ3n) is 8.08. The van der Waals surface area contributed by atoms with Gasteiger partial charge in [0.15, 0.2) is 19.0 Å². The molecule has 0 aliphatic carbocycles. The minimum Gasteiger partial charge on any atom is -0.497 e. The normalized spacial score (nSPS) is 13.5. The number of carbonyl (C=O) groups excluding carboxylic acids is 4. The van der Waals surface area contributed by atoms with Gasteiger partial charge in [-0.25, -0.2) is 10.3 Å². The van der Waals surface area contributed by atoms with Gasteiger partial charge in [-0.2, -0.15) is 0 Å². The molecule has 6 rings (SSSR count). The minimum atomic E-state index is -0.798. The molecule has 4 aromatic carbocycles. The average Bonchev–Trinajstić information content (AvgIpc) is 3.12. The van der Waals surface area contributed by atoms with Gasteiger partial charge in [0.1, 0.15) is 17.2 Å². The summed E-state index contributed by atoms with van der Waals surface area (Å²) >= 11 is 0. The molecule has 0 radical (unpaired) electrons. The van der Waals surface area contributed by atoms with Crippen molar-refractivity contribution >= 4 is 35.1 Å². The minimum absolute atomic E-state index is 0.0596. The van der Waals surface area contributed by atoms with Crippen molar-refractivity contribution in [3.05, 3.63) is 95.1 Å². The van der Waals surface area contributed by atoms with Crippen LogP contribution in [0.3, 0.4) is 0 Å². The van der Waals surface area contributed by atoms with E-state index < -0.39 is 11.9 Å². The van der Waals surface area contributed by atoms with Crippen molar-refractivity contribution in [3.63, 3.8) is 0 Å². The number of fused-ring (bicyclic) bond motifs is 2. The smallest absolute Gasteiger partial charge is 0.337 e. The molecule has 0 saturated heterocycles. The zero-order chi connectivity index (χ0) is 33.9. The van der Waals surface area contributed by atoms with Crippen molar-refractivity contribution in [1.29, 1.82) is 0 Å². The first-order valence-electron chi connectivity index (χ1n) is 14.8. The van der Waals surface area contributed by atoms with Crippen LogP contribution in [0.5, 0.6) is 23.0 Å². The van der Waals surface area contributed by atoms with Crippen LogP contribution in [0.25, 0.3) is 11.1 Å². The highest BCUT2D eigenvalue weighted by Crippen LogP contribution is 2.46. The van der Waals surface area contributed by atoms with E-state index >= 15 is 0 Å². The fraction of sp³-hybridized carbons (Fsp3) is 0.200. The molecule has 246 valence electrons. The fourth-order valence-corrected chi connectivity index (χ4v) is 5.66. The number of esters is 1. The molecule has 48 heavy (non-hydrogen) atoms. The highest BCUT2D eigenvalue weighted by molar-refractivity contribution is 6.04. The summed E-state index contributed by atoms with van der Waals surface area (Å²) in [5.41, 5.74) is 5.09. The van der Waals surface area contributed by atoms with E-state index in [2.05, 4.69) is 0 Å². The molecule has 0 saturated carbocycles. The monoisotopic (exact) mass is 653 g/mol. The standard InChI is InChI=1S/C35H31N3O10/c1-44-24-8-4-20(5-9-24)16-38-28-15-23(34(41)36-43)13-26(33(28)48-19-32(38)40)25-12-21(6-10-29(25)45-2)17-37-27-14-22(35(42)46-3)7-11-30(27)47-18-31(37)39/h4-15,43H,16-19H2,1-3H3,(H,36,41). The Morgan fingerprint density at radius 3 is 2.10 bits per heavy atom. The number of amides is 3. The first-order chi connectivity index (χ1) is 23.2. The summed E-state index contributed by atoms with van der Waals surface area (Å²) < 4.78 is 27.4. The van der Waals surface area contributed by atoms with E-state index in [4.69, 9.17) is 23.7 Å². The van der Waals surface area contributed by atoms with Gasteiger partial charge in [0.05, 0.1) is 51.4 Å². The molecule has 13 heteroatoms. The van der Waals surface area contributed by atoms with Gasteiger partial charge in [0.25, 0.3) is 17.7 Å². The number of hydrogen-bond donors (Lipinski definition) is 2. The number of rotatable bonds is 9. The maximum absolute atomic E-state index is 13.2. The van der Waals surface area contributed by atoms with Crippen LogP contribution >= 0.6 is 0 Å². The number of nitrogens with zero attached hydrogens (tertiary/aromatic N) is 2. The highest BCUT2D eigenvalue weighted by Gasteiger charge is 2.32. The second-order valence-corrected chi connectivity index (χ2v) is 10.9. The van der Waals surface area contributed by atoms with Crippen molar-refractivity contribution < 1.29 is 48.1 Å². The second kappa shape index (κ2) is 13.3. The van der Waals surface area contributed by atoms with Crippen molar-refractivity contribution in [2.24, 2.45) is 0 Å². The quantitative estimate of drug-likeness (QED) is 0.153. The number of hydrogen-bond acceptors (Lipinski definition) is 10. The molecule has 2 aliphatic rings. The lowest BCUT2D eigenvalue weighted by molar-refractivity contribution is -0.122. The average molecular weight is 654 g/mol. The number of methoxy groups -OCH3 is 3. The van der Waals surface area contributed by atoms with E-state index in [0.29, 0.717) is 51.1 Å². The maximum atomic E-state index is 13.2. The Kier molecular flexibility index (Phi) is 8.86. The highest BCUT2D eigenvalue weighted by atomic mass is 16.5. The zero-order valence-corrected chi connectivity index (χ0v) is 26.3. The van der Waals surface area contributed by atoms with Crippen LogP contribution < -0.4 is 34.2 Å². The largest absolute Gasteiger partial charge is 0.497 e. The number of anilines is 2. The molecule has 4 aromatic rings. The van der Waals surface area contributed by atoms with Gasteiger partial charge < -0.3 is 33.5 Å². The van der Waals surface area contributed by atoms with Crippen molar-refractivity contribution in [3.8, 4) is 34.1 Å². The summed E-state index contributed by atoms with van der Waals surface area (Å²) in [5, 5.41) is 9.53. The first-order valence-corrected chi connectivity index (χ1v) is 14.8. The molecular weight excluding hydrogens is 622 g/mol. The van der Waals surface area contributed by atoms with Gasteiger partial charge in [0, 0.05) is 16.7 Å². The zero-order valence-electron chi connectivity index (χ0n) is 26.3. The summed E-state index contributed by atoms with van der Waals surface area (Å²) in [6.07, 6.45) is 0. The number of hydroxylamine groups is 1. The van der Waals surface area contributed by atoms with Crippen LogP contribution in [0.2, 0.25) is 0 Å². The van der Waals surface area contributed by atoms with E-state index in [0.717, 1.165) is 5.56 Å². The molecule has 0 aromatic heterocycles. The SMILES string of the molecule is COC(=O)c1ccc2c(c1)N(Cc1ccc(OC)c(-c3cc(C(=O)NO)cc4c3OCC(=O)N4Cc3ccc(OC)cc3)c1)C(=O)CO2. The van der Waals surface area contributed by atoms with Gasteiger partial charge in [-0.05, 0) is 65.7 Å². The topological polar surface area (TPSA) is 153 Å². The van der Waals surface area contributed by atoms with E-state index in [-0.39, 0.29) is 49.2 Å². The van der Waals surface area contributed by atoms with Crippen molar-refractivity contribution in [1.82, 2.24) is 5.48 Å². The van der Waals surface area contributed by atoms with Crippen LogP contribution in [0.15, 0.2) is 72.8 Å². The number of carbonyl (C=O) groups is 4. The Balaban J connectivity index is 1.44. The lowest BCUT2D eigenvalue weighted by Crippen LogP contribution is -2.38. The summed E-state index contributed by atoms with van der Waals surface area (Å²) in [4.78, 5) is 54.4. The number of nitrogens with one attached hydrogen (secondary N) is 1. The van der Waals surface area contributed by atoms with E-state index in [1.807, 2.05) is 12.1 Å². The molecule has 0 fully saturated rings. The Labute approximate surface area is 275 Å². The van der Waals surface area contributed by atoms with Crippen LogP contribution in [-0.4, -0.2) is 63.4 Å². The van der Waals surface area contributed by atoms with Crippen LogP contribution in [-0.2, 0) is 27.4 Å². The lowest BCUT2D eigenvalue weighted by atomic mass is 9.96. The third-order valence-corrected chi connectivity index (χ3v) is 8.08. The molecule has 3 amide bonds. The lowest BCUT2D eigenvalue weighted by Gasteiger charge is -2.32. The van der Waals surface area contributed by atoms with Gasteiger partial charge >= 0.3 is 5.97 Å². The van der Waals surface area contributed by atoms with E-state index in [9.17, 15) is 24.4 Å². The summed E-state index contributed by atoms with van der Waals surface area (Å²) in [6.45, 7) is -0.179. The van der Waals surface area contributed by atoms with Crippen LogP contribution in [0.1, 0.15) is 31.8 Å². The molecule has 2 N–H and O–H groups in total. The van der Waals surface area contributed by atoms with Gasteiger partial charge in [-0.1, -0.05) is 18.2 Å². The summed E-state index contributed by atoms with van der Waals surface area (Å²) in [5.74, 6) is -0.168. The Bertz CT molecular complexity index is 1920. The predicted octanol–water partition coefficient (Wildman–Crippen LogP) is 4.13. The Hall–Kier alpha value is -6.08. The molecule has 0 spiro atoms. The van der Waals surface area contributed by atoms with Gasteiger partial charge in [0.2, 0.25) is 0 Å². The van der Waals surface area contributed by atoms with Gasteiger partial charge in [-0.3, -0.25) is 19.6 Å². The molecular formula is C35H31N3O10. The van der Waals surface area contributed by atoms with Crippen molar-refractivity contribution in [2.75, 3.05) is 44.3 Å². The summed E-state index contributed by atoms with van der Waals surface area (Å²) in [6, 6.07) is 20.2. The van der Waals surface area contributed by atoms with Crippen LogP contribution in [0, 0.1) is 0 Å². The second-order valence-electron chi connectivity index (χ2n) is 10.9. The number of benzene rings is 4. The molecule has 0 unspecified atom stereocenters. The Morgan fingerprint density at radius 2 is 1.42 bits per heavy atom. The molecule has 2 aliphatic heterocycles. The first kappa shape index (κ1) is 31.9. The molecule has 0 atom stereocenters. The predicted molar refractivity (Wildman–Crippen MR) is 172 cm³/mol. The Morgan fingerprint density at radius 1 is 0.750 bits per heavy atom. The number of ether oxygens (including phenoxy) is 5. The fourth-order valence-electron chi connectivity index (χ4n) is 5.66. The van der Waals surface area contributed by atoms with Gasteiger partial charge in [-0.15, -0.1) is 0 Å². The van der Waals surface area contributed by atoms with Crippen molar-refractivity contribution in [2.45, 2.75) is 13.1 Å². The van der Waals surface area contributed by atoms with Crippen LogP contribution in [0.4, 0.5) is 11.4 Å². The molecule has 13 nitrogen and oxygen atoms in total. The molecule has 0 bridgehead atoms. The maximum Gasteiger partial charge on any atom is 0.337 e.